The smallest absolute Gasteiger partial charge is 0.146 e. The van der Waals surface area contributed by atoms with E-state index in [4.69, 9.17) is 9.47 Å². The molecular formula is C10H13BrO3. The van der Waals surface area contributed by atoms with Gasteiger partial charge in [-0.15, -0.1) is 0 Å². The number of hydrogen-bond donors (Lipinski definition) is 1. The average Bonchev–Trinajstić information content (AvgIpc) is 2.19. The minimum Gasteiger partial charge on any atom is -0.386 e. The third-order valence-electron chi connectivity index (χ3n) is 1.73. The van der Waals surface area contributed by atoms with Crippen LogP contribution in [-0.4, -0.2) is 25.6 Å². The molecule has 0 aliphatic heterocycles. The number of rotatable bonds is 5. The lowest BCUT2D eigenvalue weighted by Crippen LogP contribution is -2.08. The maximum Gasteiger partial charge on any atom is 0.146 e. The highest BCUT2D eigenvalue weighted by atomic mass is 79.9. The van der Waals surface area contributed by atoms with Crippen LogP contribution < -0.4 is 0 Å². The Morgan fingerprint density at radius 3 is 2.57 bits per heavy atom. The predicted molar refractivity (Wildman–Crippen MR) is 56.9 cm³/mol. The molecule has 4 heteroatoms. The van der Waals surface area contributed by atoms with Crippen LogP contribution in [0.15, 0.2) is 28.7 Å². The Labute approximate surface area is 91.8 Å². The third kappa shape index (κ3) is 3.75. The molecule has 0 radical (unpaired) electrons. The topological polar surface area (TPSA) is 38.7 Å². The van der Waals surface area contributed by atoms with Gasteiger partial charge in [0, 0.05) is 11.6 Å². The molecular weight excluding hydrogens is 248 g/mol. The molecule has 78 valence electrons. The standard InChI is InChI=1S/C10H13BrO3/c1-13-7-14-6-10(12)8-2-4-9(11)5-3-8/h2-5,10,12H,6-7H2,1H3/t10-/m0/s1. The van der Waals surface area contributed by atoms with Crippen molar-refractivity contribution in [3.8, 4) is 0 Å². The Balaban J connectivity index is 2.43. The molecule has 3 nitrogen and oxygen atoms in total. The van der Waals surface area contributed by atoms with Crippen LogP contribution in [0.5, 0.6) is 0 Å². The second-order valence-corrected chi connectivity index (χ2v) is 3.76. The van der Waals surface area contributed by atoms with Crippen LogP contribution in [0.3, 0.4) is 0 Å². The van der Waals surface area contributed by atoms with E-state index in [9.17, 15) is 5.11 Å². The Kier molecular flexibility index (Phi) is 5.11. The summed E-state index contributed by atoms with van der Waals surface area (Å²) in [7, 11) is 1.55. The van der Waals surface area contributed by atoms with Gasteiger partial charge >= 0.3 is 0 Å². The first-order valence-corrected chi connectivity index (χ1v) is 5.03. The van der Waals surface area contributed by atoms with Crippen LogP contribution in [0.2, 0.25) is 0 Å². The van der Waals surface area contributed by atoms with Gasteiger partial charge in [0.2, 0.25) is 0 Å². The molecule has 1 aromatic carbocycles. The van der Waals surface area contributed by atoms with E-state index in [1.54, 1.807) is 7.11 Å². The maximum atomic E-state index is 9.64. The van der Waals surface area contributed by atoms with Gasteiger partial charge in [0.05, 0.1) is 6.61 Å². The van der Waals surface area contributed by atoms with Crippen LogP contribution in [0, 0.1) is 0 Å². The quantitative estimate of drug-likeness (QED) is 0.651. The number of aliphatic hydroxyl groups is 1. The zero-order chi connectivity index (χ0) is 10.4. The second-order valence-electron chi connectivity index (χ2n) is 2.84. The van der Waals surface area contributed by atoms with Crippen molar-refractivity contribution in [2.24, 2.45) is 0 Å². The fraction of sp³-hybridized carbons (Fsp3) is 0.400. The van der Waals surface area contributed by atoms with Gasteiger partial charge in [-0.3, -0.25) is 0 Å². The van der Waals surface area contributed by atoms with Crippen molar-refractivity contribution < 1.29 is 14.6 Å². The molecule has 14 heavy (non-hydrogen) atoms. The number of hydrogen-bond acceptors (Lipinski definition) is 3. The van der Waals surface area contributed by atoms with Crippen LogP contribution >= 0.6 is 15.9 Å². The molecule has 0 aliphatic carbocycles. The summed E-state index contributed by atoms with van der Waals surface area (Å²) in [6.45, 7) is 0.447. The van der Waals surface area contributed by atoms with Gasteiger partial charge in [-0.2, -0.15) is 0 Å². The summed E-state index contributed by atoms with van der Waals surface area (Å²) >= 11 is 3.33. The first-order valence-electron chi connectivity index (χ1n) is 4.24. The maximum absolute atomic E-state index is 9.64. The van der Waals surface area contributed by atoms with Crippen LogP contribution in [0.1, 0.15) is 11.7 Å². The summed E-state index contributed by atoms with van der Waals surface area (Å²) < 4.78 is 10.7. The fourth-order valence-corrected chi connectivity index (χ4v) is 1.29. The summed E-state index contributed by atoms with van der Waals surface area (Å²) in [5.41, 5.74) is 0.837. The van der Waals surface area contributed by atoms with Gasteiger partial charge in [0.15, 0.2) is 0 Å². The highest BCUT2D eigenvalue weighted by Gasteiger charge is 2.06. The molecule has 0 fully saturated rings. The highest BCUT2D eigenvalue weighted by molar-refractivity contribution is 9.10. The lowest BCUT2D eigenvalue weighted by atomic mass is 10.1. The molecule has 0 bridgehead atoms. The number of benzene rings is 1. The molecule has 0 saturated heterocycles. The normalized spacial score (nSPS) is 12.8. The Morgan fingerprint density at radius 1 is 1.36 bits per heavy atom. The largest absolute Gasteiger partial charge is 0.386 e. The van der Waals surface area contributed by atoms with Gasteiger partial charge < -0.3 is 14.6 Å². The molecule has 0 aromatic heterocycles. The molecule has 1 rings (SSSR count). The van der Waals surface area contributed by atoms with E-state index >= 15 is 0 Å². The minimum atomic E-state index is -0.599. The van der Waals surface area contributed by atoms with Crippen molar-refractivity contribution in [2.75, 3.05) is 20.5 Å². The zero-order valence-electron chi connectivity index (χ0n) is 7.94. The summed E-state index contributed by atoms with van der Waals surface area (Å²) in [6, 6.07) is 7.47. The Morgan fingerprint density at radius 2 is 2.00 bits per heavy atom. The molecule has 1 N–H and O–H groups in total. The van der Waals surface area contributed by atoms with Gasteiger partial charge in [-0.1, -0.05) is 28.1 Å². The monoisotopic (exact) mass is 260 g/mol. The SMILES string of the molecule is COCOC[C@H](O)c1ccc(Br)cc1. The van der Waals surface area contributed by atoms with Crippen molar-refractivity contribution in [3.05, 3.63) is 34.3 Å². The van der Waals surface area contributed by atoms with Gasteiger partial charge in [-0.05, 0) is 17.7 Å². The van der Waals surface area contributed by atoms with Crippen LogP contribution in [0.25, 0.3) is 0 Å². The van der Waals surface area contributed by atoms with E-state index in [2.05, 4.69) is 15.9 Å². The van der Waals surface area contributed by atoms with Crippen molar-refractivity contribution in [2.45, 2.75) is 6.10 Å². The van der Waals surface area contributed by atoms with E-state index < -0.39 is 6.10 Å². The van der Waals surface area contributed by atoms with Crippen molar-refractivity contribution in [1.82, 2.24) is 0 Å². The summed E-state index contributed by atoms with van der Waals surface area (Å²) in [4.78, 5) is 0. The molecule has 1 atom stereocenters. The second kappa shape index (κ2) is 6.14. The molecule has 0 unspecified atom stereocenters. The van der Waals surface area contributed by atoms with Crippen molar-refractivity contribution in [1.29, 1.82) is 0 Å². The van der Waals surface area contributed by atoms with Crippen LogP contribution in [0.4, 0.5) is 0 Å². The van der Waals surface area contributed by atoms with Crippen LogP contribution in [-0.2, 0) is 9.47 Å². The summed E-state index contributed by atoms with van der Waals surface area (Å²) in [5.74, 6) is 0. The highest BCUT2D eigenvalue weighted by Crippen LogP contribution is 2.16. The summed E-state index contributed by atoms with van der Waals surface area (Å²) in [6.07, 6.45) is -0.599. The van der Waals surface area contributed by atoms with Crippen molar-refractivity contribution in [3.63, 3.8) is 0 Å². The molecule has 0 aliphatic rings. The Bertz CT molecular complexity index is 261. The van der Waals surface area contributed by atoms with Gasteiger partial charge in [0.25, 0.3) is 0 Å². The first kappa shape index (κ1) is 11.7. The van der Waals surface area contributed by atoms with E-state index in [-0.39, 0.29) is 13.4 Å². The van der Waals surface area contributed by atoms with Crippen molar-refractivity contribution >= 4 is 15.9 Å². The lowest BCUT2D eigenvalue weighted by Gasteiger charge is -2.10. The first-order chi connectivity index (χ1) is 6.74. The van der Waals surface area contributed by atoms with E-state index in [0.29, 0.717) is 0 Å². The number of aliphatic hydroxyl groups excluding tert-OH is 1. The number of ether oxygens (including phenoxy) is 2. The van der Waals surface area contributed by atoms with Gasteiger partial charge in [-0.25, -0.2) is 0 Å². The predicted octanol–water partition coefficient (Wildman–Crippen LogP) is 2.10. The van der Waals surface area contributed by atoms with E-state index in [1.807, 2.05) is 24.3 Å². The number of methoxy groups -OCH3 is 1. The zero-order valence-corrected chi connectivity index (χ0v) is 9.53. The van der Waals surface area contributed by atoms with E-state index in [0.717, 1.165) is 10.0 Å². The third-order valence-corrected chi connectivity index (χ3v) is 2.26. The molecule has 0 saturated carbocycles. The average molecular weight is 261 g/mol. The number of halogens is 1. The summed E-state index contributed by atoms with van der Waals surface area (Å²) in [5, 5.41) is 9.64. The molecule has 0 heterocycles. The van der Waals surface area contributed by atoms with Gasteiger partial charge in [0.1, 0.15) is 12.9 Å². The van der Waals surface area contributed by atoms with E-state index in [1.165, 1.54) is 0 Å². The molecule has 1 aromatic rings. The molecule has 0 amide bonds. The molecule has 0 spiro atoms. The lowest BCUT2D eigenvalue weighted by molar-refractivity contribution is -0.0621. The fourth-order valence-electron chi connectivity index (χ4n) is 1.02. The minimum absolute atomic E-state index is 0.202. The Hall–Kier alpha value is -0.420.